The van der Waals surface area contributed by atoms with E-state index >= 15 is 0 Å². The van der Waals surface area contributed by atoms with Crippen LogP contribution >= 0.6 is 19.6 Å². The van der Waals surface area contributed by atoms with E-state index in [4.69, 9.17) is 9.47 Å². The average molecular weight is 711 g/mol. The Labute approximate surface area is 328 Å². The molecule has 0 N–H and O–H groups in total. The molecule has 0 fully saturated rings. The molecule has 0 amide bonds. The number of rotatable bonds is 32. The monoisotopic (exact) mass is 710 g/mol. The van der Waals surface area contributed by atoms with Gasteiger partial charge in [-0.2, -0.15) is 0 Å². The van der Waals surface area contributed by atoms with Gasteiger partial charge >= 0.3 is 71.1 Å². The molecule has 13 heteroatoms. The number of hydrogen-bond acceptors (Lipinski definition) is 10. The molecule has 0 saturated heterocycles. The number of phosphoric acid groups is 1. The molecule has 260 valence electrons. The molecule has 0 aromatic carbocycles. The molecule has 0 aliphatic rings. The van der Waals surface area contributed by atoms with E-state index in [2.05, 4.69) is 11.4 Å². The fourth-order valence-electron chi connectivity index (χ4n) is 4.91. The number of carbonyl (C=O) groups excluding carboxylic acids is 3. The van der Waals surface area contributed by atoms with Crippen LogP contribution in [0.25, 0.3) is 0 Å². The maximum Gasteiger partial charge on any atom is 1.00 e. The third-order valence-corrected chi connectivity index (χ3v) is 8.83. The second-order valence-corrected chi connectivity index (χ2v) is 14.2. The zero-order chi connectivity index (χ0) is 32.7. The van der Waals surface area contributed by atoms with Crippen molar-refractivity contribution in [3.05, 3.63) is 0 Å². The summed E-state index contributed by atoms with van der Waals surface area (Å²) in [7, 11) is -5.25. The van der Waals surface area contributed by atoms with Gasteiger partial charge in [0.25, 0.3) is 0 Å². The van der Waals surface area contributed by atoms with Gasteiger partial charge in [0.05, 0.1) is 14.4 Å². The first-order valence-electron chi connectivity index (χ1n) is 17.3. The van der Waals surface area contributed by atoms with Crippen molar-refractivity contribution in [2.45, 2.75) is 174 Å². The summed E-state index contributed by atoms with van der Waals surface area (Å²) >= 11 is 1.41. The molecule has 9 nitrogen and oxygen atoms in total. The van der Waals surface area contributed by atoms with Crippen LogP contribution in [0.2, 0.25) is 0 Å². The molecule has 0 heterocycles. The Morgan fingerprint density at radius 2 is 1.00 bits per heavy atom. The van der Waals surface area contributed by atoms with Crippen molar-refractivity contribution >= 4 is 36.6 Å². The van der Waals surface area contributed by atoms with E-state index in [-0.39, 0.29) is 83.7 Å². The SMILES string of the molecule is CCCCCCCCCCCCCC(=O)O[C@H](COC(=O)CCCCCCCCCCCCCSC(C)=O)COP(=O)([O-])[O-].[Na+].[Na+]. The van der Waals surface area contributed by atoms with E-state index in [0.29, 0.717) is 12.8 Å². The minimum Gasteiger partial charge on any atom is -0.790 e. The minimum atomic E-state index is -5.25. The molecular weight excluding hydrogens is 649 g/mol. The van der Waals surface area contributed by atoms with E-state index in [1.807, 2.05) is 0 Å². The van der Waals surface area contributed by atoms with Gasteiger partial charge in [-0.15, -0.1) is 0 Å². The van der Waals surface area contributed by atoms with Gasteiger partial charge in [0.15, 0.2) is 11.2 Å². The van der Waals surface area contributed by atoms with Crippen molar-refractivity contribution in [1.29, 1.82) is 0 Å². The smallest absolute Gasteiger partial charge is 0.790 e. The number of hydrogen-bond donors (Lipinski definition) is 0. The van der Waals surface area contributed by atoms with Gasteiger partial charge in [0, 0.05) is 25.5 Å². The summed E-state index contributed by atoms with van der Waals surface area (Å²) in [6.07, 6.45) is 24.1. The molecule has 0 spiro atoms. The molecular formula is C33H61Na2O9PS. The zero-order valence-electron chi connectivity index (χ0n) is 29.7. The molecule has 1 atom stereocenters. The Bertz CT molecular complexity index is 771. The van der Waals surface area contributed by atoms with Gasteiger partial charge in [-0.1, -0.05) is 141 Å². The Balaban J connectivity index is -0.00000924. The fraction of sp³-hybridized carbons (Fsp3) is 0.909. The molecule has 0 radical (unpaired) electrons. The maximum absolute atomic E-state index is 12.3. The van der Waals surface area contributed by atoms with Crippen molar-refractivity contribution in [3.63, 3.8) is 0 Å². The first-order valence-corrected chi connectivity index (χ1v) is 19.7. The zero-order valence-corrected chi connectivity index (χ0v) is 35.4. The molecule has 46 heavy (non-hydrogen) atoms. The summed E-state index contributed by atoms with van der Waals surface area (Å²) in [5.74, 6) is -0.0526. The van der Waals surface area contributed by atoms with E-state index < -0.39 is 32.5 Å². The number of esters is 2. The first-order chi connectivity index (χ1) is 21.1. The molecule has 0 bridgehead atoms. The predicted octanol–water partition coefficient (Wildman–Crippen LogP) is 1.96. The number of ether oxygens (including phenoxy) is 2. The fourth-order valence-corrected chi connectivity index (χ4v) is 5.89. The summed E-state index contributed by atoms with van der Waals surface area (Å²) < 4.78 is 25.7. The van der Waals surface area contributed by atoms with Crippen LogP contribution in [0.4, 0.5) is 0 Å². The predicted molar refractivity (Wildman–Crippen MR) is 174 cm³/mol. The topological polar surface area (TPSA) is 142 Å². The first kappa shape index (κ1) is 51.4. The van der Waals surface area contributed by atoms with E-state index in [0.717, 1.165) is 50.7 Å². The standard InChI is InChI=1S/C33H63O9PS.2Na/c1-3-4-5-6-7-8-10-14-17-20-23-26-33(36)42-31(29-41-43(37,38)39)28-40-32(35)25-22-19-16-13-11-9-12-15-18-21-24-27-44-30(2)34;;/h31H,3-29H2,1-2H3,(H2,37,38,39);;/q;2*+1/p-2/t31-;;/m1../s1. The molecule has 0 aromatic rings. The van der Waals surface area contributed by atoms with Crippen LogP contribution in [-0.2, 0) is 32.9 Å². The van der Waals surface area contributed by atoms with Crippen LogP contribution in [0.3, 0.4) is 0 Å². The van der Waals surface area contributed by atoms with Crippen LogP contribution in [-0.4, -0.2) is 42.1 Å². The van der Waals surface area contributed by atoms with E-state index in [1.54, 1.807) is 6.92 Å². The molecule has 0 saturated carbocycles. The van der Waals surface area contributed by atoms with Crippen LogP contribution in [0, 0.1) is 0 Å². The maximum atomic E-state index is 12.3. The Hall–Kier alpha value is 1.07. The van der Waals surface area contributed by atoms with Gasteiger partial charge in [-0.3, -0.25) is 14.4 Å². The molecule has 0 unspecified atom stereocenters. The van der Waals surface area contributed by atoms with E-state index in [9.17, 15) is 28.7 Å². The van der Waals surface area contributed by atoms with E-state index in [1.165, 1.54) is 95.2 Å². The largest absolute Gasteiger partial charge is 1.00 e. The summed E-state index contributed by atoms with van der Waals surface area (Å²) in [6, 6.07) is 0. The molecule has 0 rings (SSSR count). The normalized spacial score (nSPS) is 11.7. The third-order valence-electron chi connectivity index (χ3n) is 7.46. The van der Waals surface area contributed by atoms with Crippen molar-refractivity contribution in [3.8, 4) is 0 Å². The molecule has 0 aromatic heterocycles. The number of unbranched alkanes of at least 4 members (excludes halogenated alkanes) is 20. The second kappa shape index (κ2) is 37.3. The Kier molecular flexibility index (Phi) is 41.7. The summed E-state index contributed by atoms with van der Waals surface area (Å²) in [5.41, 5.74) is 0. The Morgan fingerprint density at radius 1 is 0.609 bits per heavy atom. The van der Waals surface area contributed by atoms with Crippen molar-refractivity contribution < 1.29 is 102 Å². The number of thioether (sulfide) groups is 1. The van der Waals surface area contributed by atoms with Gasteiger partial charge in [0.2, 0.25) is 0 Å². The van der Waals surface area contributed by atoms with Gasteiger partial charge in [-0.25, -0.2) is 0 Å². The van der Waals surface area contributed by atoms with Crippen LogP contribution < -0.4 is 68.9 Å². The number of phosphoric ester groups is 1. The minimum absolute atomic E-state index is 0. The Morgan fingerprint density at radius 3 is 1.41 bits per heavy atom. The summed E-state index contributed by atoms with van der Waals surface area (Å²) in [4.78, 5) is 57.1. The van der Waals surface area contributed by atoms with Gasteiger partial charge in [0.1, 0.15) is 6.61 Å². The summed E-state index contributed by atoms with van der Waals surface area (Å²) in [5, 5.41) is 0.195. The third kappa shape index (κ3) is 41.2. The van der Waals surface area contributed by atoms with Crippen LogP contribution in [0.15, 0.2) is 0 Å². The average Bonchev–Trinajstić information content (AvgIpc) is 2.96. The quantitative estimate of drug-likeness (QED) is 0.0440. The molecule has 0 aliphatic heterocycles. The van der Waals surface area contributed by atoms with Crippen molar-refractivity contribution in [2.75, 3.05) is 19.0 Å². The summed E-state index contributed by atoms with van der Waals surface area (Å²) in [6.45, 7) is 2.81. The van der Waals surface area contributed by atoms with Gasteiger partial charge in [-0.05, 0) is 19.3 Å². The molecule has 0 aliphatic carbocycles. The number of carbonyl (C=O) groups is 3. The van der Waals surface area contributed by atoms with Gasteiger partial charge < -0.3 is 28.3 Å². The van der Waals surface area contributed by atoms with Crippen LogP contribution in [0.5, 0.6) is 0 Å². The van der Waals surface area contributed by atoms with Crippen molar-refractivity contribution in [2.24, 2.45) is 0 Å². The van der Waals surface area contributed by atoms with Crippen LogP contribution in [0.1, 0.15) is 168 Å². The van der Waals surface area contributed by atoms with Crippen molar-refractivity contribution in [1.82, 2.24) is 0 Å². The second-order valence-electron chi connectivity index (χ2n) is 11.8.